The molecule has 110 valence electrons. The Kier molecular flexibility index (Phi) is 4.06. The lowest BCUT2D eigenvalue weighted by atomic mass is 10.1. The van der Waals surface area contributed by atoms with Gasteiger partial charge in [-0.2, -0.15) is 0 Å². The summed E-state index contributed by atoms with van der Waals surface area (Å²) in [6.45, 7) is 6.18. The number of aryl methyl sites for hydroxylation is 2. The molecule has 0 aliphatic carbocycles. The summed E-state index contributed by atoms with van der Waals surface area (Å²) in [7, 11) is 0. The van der Waals surface area contributed by atoms with Gasteiger partial charge in [-0.05, 0) is 59.1 Å². The third-order valence-corrected chi connectivity index (χ3v) is 4.11. The first-order valence-corrected chi connectivity index (χ1v) is 7.82. The molecule has 1 N–H and O–H groups in total. The van der Waals surface area contributed by atoms with Crippen LogP contribution in [0.4, 0.5) is 5.69 Å². The van der Waals surface area contributed by atoms with E-state index in [1.54, 1.807) is 0 Å². The van der Waals surface area contributed by atoms with Crippen LogP contribution in [0.15, 0.2) is 34.8 Å². The molecule has 3 rings (SSSR count). The highest BCUT2D eigenvalue weighted by Gasteiger charge is 2.16. The molecule has 3 nitrogen and oxygen atoms in total. The fourth-order valence-electron chi connectivity index (χ4n) is 2.48. The summed E-state index contributed by atoms with van der Waals surface area (Å²) < 4.78 is 12.2. The van der Waals surface area contributed by atoms with Crippen molar-refractivity contribution in [1.29, 1.82) is 0 Å². The third-order valence-electron chi connectivity index (χ3n) is 3.52. The number of fused-ring (bicyclic) bond motifs is 1. The number of hydrogen-bond donors (Lipinski definition) is 1. The van der Waals surface area contributed by atoms with Gasteiger partial charge in [-0.3, -0.25) is 0 Å². The molecular formula is C17H18BrNO2. The Morgan fingerprint density at radius 3 is 2.71 bits per heavy atom. The van der Waals surface area contributed by atoms with Gasteiger partial charge in [-0.15, -0.1) is 0 Å². The maximum absolute atomic E-state index is 5.65. The van der Waals surface area contributed by atoms with Crippen LogP contribution in [0.3, 0.4) is 0 Å². The number of ether oxygens (including phenoxy) is 2. The largest absolute Gasteiger partial charge is 0.486 e. The van der Waals surface area contributed by atoms with Crippen LogP contribution >= 0.6 is 15.9 Å². The summed E-state index contributed by atoms with van der Waals surface area (Å²) >= 11 is 3.55. The average molecular weight is 348 g/mol. The van der Waals surface area contributed by atoms with E-state index in [0.717, 1.165) is 33.8 Å². The minimum atomic E-state index is 0.603. The Hall–Kier alpha value is -1.68. The first-order chi connectivity index (χ1) is 10.1. The van der Waals surface area contributed by atoms with E-state index in [1.807, 2.05) is 6.07 Å². The molecule has 1 heterocycles. The van der Waals surface area contributed by atoms with Gasteiger partial charge in [0.2, 0.25) is 0 Å². The number of hydrogen-bond acceptors (Lipinski definition) is 3. The molecule has 0 spiro atoms. The quantitative estimate of drug-likeness (QED) is 0.889. The van der Waals surface area contributed by atoms with Gasteiger partial charge in [0.1, 0.15) is 13.2 Å². The second-order valence-corrected chi connectivity index (χ2v) is 6.13. The van der Waals surface area contributed by atoms with Crippen LogP contribution in [0, 0.1) is 13.8 Å². The van der Waals surface area contributed by atoms with Gasteiger partial charge in [0.25, 0.3) is 0 Å². The van der Waals surface area contributed by atoms with Crippen LogP contribution in [0.25, 0.3) is 0 Å². The normalized spacial score (nSPS) is 13.1. The zero-order chi connectivity index (χ0) is 14.8. The molecule has 0 saturated heterocycles. The van der Waals surface area contributed by atoms with Gasteiger partial charge in [0.15, 0.2) is 11.5 Å². The zero-order valence-electron chi connectivity index (χ0n) is 12.2. The number of nitrogens with one attached hydrogen (secondary N) is 1. The average Bonchev–Trinajstić information content (AvgIpc) is 2.46. The Balaban J connectivity index is 1.77. The number of anilines is 1. The van der Waals surface area contributed by atoms with E-state index in [2.05, 4.69) is 59.4 Å². The van der Waals surface area contributed by atoms with E-state index < -0.39 is 0 Å². The maximum atomic E-state index is 5.65. The van der Waals surface area contributed by atoms with Crippen LogP contribution in [0.2, 0.25) is 0 Å². The van der Waals surface area contributed by atoms with E-state index in [-0.39, 0.29) is 0 Å². The highest BCUT2D eigenvalue weighted by atomic mass is 79.9. The van der Waals surface area contributed by atoms with E-state index in [0.29, 0.717) is 13.2 Å². The van der Waals surface area contributed by atoms with E-state index in [9.17, 15) is 0 Å². The lowest BCUT2D eigenvalue weighted by molar-refractivity contribution is 0.170. The predicted molar refractivity (Wildman–Crippen MR) is 88.4 cm³/mol. The fourth-order valence-corrected chi connectivity index (χ4v) is 3.08. The summed E-state index contributed by atoms with van der Waals surface area (Å²) in [6, 6.07) is 10.5. The highest BCUT2D eigenvalue weighted by Crippen LogP contribution is 2.38. The molecule has 0 saturated carbocycles. The molecule has 21 heavy (non-hydrogen) atoms. The first kappa shape index (κ1) is 14.3. The maximum Gasteiger partial charge on any atom is 0.175 e. The van der Waals surface area contributed by atoms with Crippen molar-refractivity contribution in [1.82, 2.24) is 0 Å². The lowest BCUT2D eigenvalue weighted by Gasteiger charge is -2.20. The van der Waals surface area contributed by atoms with Crippen LogP contribution in [-0.4, -0.2) is 13.2 Å². The molecule has 2 aromatic rings. The van der Waals surface area contributed by atoms with Gasteiger partial charge in [0.05, 0.1) is 4.47 Å². The van der Waals surface area contributed by atoms with Crippen molar-refractivity contribution < 1.29 is 9.47 Å². The zero-order valence-corrected chi connectivity index (χ0v) is 13.8. The summed E-state index contributed by atoms with van der Waals surface area (Å²) in [5.41, 5.74) is 4.85. The standard InChI is InChI=1S/C17H18BrNO2/c1-11-3-4-15(12(2)7-11)19-10-13-8-14(18)17-16(9-13)20-5-6-21-17/h3-4,7-9,19H,5-6,10H2,1-2H3. The molecule has 0 radical (unpaired) electrons. The number of halogens is 1. The molecule has 0 unspecified atom stereocenters. The SMILES string of the molecule is Cc1ccc(NCc2cc(Br)c3c(c2)OCCO3)c(C)c1. The summed E-state index contributed by atoms with van der Waals surface area (Å²) in [5, 5.41) is 3.47. The monoisotopic (exact) mass is 347 g/mol. The van der Waals surface area contributed by atoms with Crippen molar-refractivity contribution in [2.24, 2.45) is 0 Å². The summed E-state index contributed by atoms with van der Waals surface area (Å²) in [6.07, 6.45) is 0. The summed E-state index contributed by atoms with van der Waals surface area (Å²) in [5.74, 6) is 1.62. The van der Waals surface area contributed by atoms with Crippen LogP contribution in [0.1, 0.15) is 16.7 Å². The van der Waals surface area contributed by atoms with Crippen LogP contribution in [0.5, 0.6) is 11.5 Å². The van der Waals surface area contributed by atoms with Crippen molar-refractivity contribution in [2.45, 2.75) is 20.4 Å². The molecule has 1 aliphatic rings. The van der Waals surface area contributed by atoms with Gasteiger partial charge in [-0.1, -0.05) is 17.7 Å². The van der Waals surface area contributed by atoms with Gasteiger partial charge in [-0.25, -0.2) is 0 Å². The number of rotatable bonds is 3. The van der Waals surface area contributed by atoms with Crippen molar-refractivity contribution >= 4 is 21.6 Å². The third kappa shape index (κ3) is 3.16. The van der Waals surface area contributed by atoms with Crippen molar-refractivity contribution in [3.05, 3.63) is 51.5 Å². The van der Waals surface area contributed by atoms with Gasteiger partial charge >= 0.3 is 0 Å². The minimum absolute atomic E-state index is 0.603. The van der Waals surface area contributed by atoms with Gasteiger partial charge < -0.3 is 14.8 Å². The first-order valence-electron chi connectivity index (χ1n) is 7.02. The Bertz CT molecular complexity index is 670. The second-order valence-electron chi connectivity index (χ2n) is 5.27. The number of benzene rings is 2. The van der Waals surface area contributed by atoms with Gasteiger partial charge in [0, 0.05) is 12.2 Å². The van der Waals surface area contributed by atoms with Crippen molar-refractivity contribution in [2.75, 3.05) is 18.5 Å². The van der Waals surface area contributed by atoms with Crippen LogP contribution < -0.4 is 14.8 Å². The molecule has 0 aromatic heterocycles. The highest BCUT2D eigenvalue weighted by molar-refractivity contribution is 9.10. The van der Waals surface area contributed by atoms with E-state index in [4.69, 9.17) is 9.47 Å². The lowest BCUT2D eigenvalue weighted by Crippen LogP contribution is -2.16. The van der Waals surface area contributed by atoms with E-state index >= 15 is 0 Å². The molecule has 0 amide bonds. The molecule has 2 aromatic carbocycles. The fraction of sp³-hybridized carbons (Fsp3) is 0.294. The topological polar surface area (TPSA) is 30.5 Å². The Morgan fingerprint density at radius 1 is 1.10 bits per heavy atom. The second kappa shape index (κ2) is 5.98. The van der Waals surface area contributed by atoms with Crippen LogP contribution in [-0.2, 0) is 6.54 Å². The Morgan fingerprint density at radius 2 is 1.90 bits per heavy atom. The molecule has 1 aliphatic heterocycles. The smallest absolute Gasteiger partial charge is 0.175 e. The minimum Gasteiger partial charge on any atom is -0.486 e. The molecule has 4 heteroatoms. The molecule has 0 bridgehead atoms. The van der Waals surface area contributed by atoms with Crippen molar-refractivity contribution in [3.8, 4) is 11.5 Å². The molecule has 0 atom stereocenters. The Labute approximate surface area is 133 Å². The molecular weight excluding hydrogens is 330 g/mol. The summed E-state index contributed by atoms with van der Waals surface area (Å²) in [4.78, 5) is 0. The van der Waals surface area contributed by atoms with E-state index in [1.165, 1.54) is 11.1 Å². The van der Waals surface area contributed by atoms with Crippen molar-refractivity contribution in [3.63, 3.8) is 0 Å². The molecule has 0 fully saturated rings. The predicted octanol–water partition coefficient (Wildman–Crippen LogP) is 4.45.